The maximum absolute atomic E-state index is 10.5. The molecule has 4 rings (SSSR count). The molecule has 12 N–H and O–H groups in total. The molecule has 0 atom stereocenters. The smallest absolute Gasteiger partial charge is 0.294 e. The Kier molecular flexibility index (Phi) is 35.2. The Labute approximate surface area is 357 Å². The highest BCUT2D eigenvalue weighted by atomic mass is 32.2. The van der Waals surface area contributed by atoms with Gasteiger partial charge >= 0.3 is 0 Å². The zero-order valence-corrected chi connectivity index (χ0v) is 37.5. The number of rotatable bonds is 8. The van der Waals surface area contributed by atoms with Gasteiger partial charge in [-0.25, -0.2) is 0 Å². The first-order valence-electron chi connectivity index (χ1n) is 17.1. The first kappa shape index (κ1) is 62.0. The van der Waals surface area contributed by atoms with Crippen LogP contribution in [0, 0.1) is 27.7 Å². The highest BCUT2D eigenvalue weighted by Crippen LogP contribution is 2.11. The molecule has 16 nitrogen and oxygen atoms in total. The minimum absolute atomic E-state index is 0.0666. The summed E-state index contributed by atoms with van der Waals surface area (Å²) in [5.41, 5.74) is 23.5. The van der Waals surface area contributed by atoms with Crippen LogP contribution in [0.25, 0.3) is 0 Å². The predicted octanol–water partition coefficient (Wildman–Crippen LogP) is 5.49. The van der Waals surface area contributed by atoms with Crippen molar-refractivity contribution in [2.75, 3.05) is 26.2 Å². The highest BCUT2D eigenvalue weighted by molar-refractivity contribution is 7.86. The van der Waals surface area contributed by atoms with Crippen LogP contribution in [0.1, 0.15) is 22.3 Å². The monoisotopic (exact) mass is 916 g/mol. The van der Waals surface area contributed by atoms with Gasteiger partial charge < -0.3 is 22.9 Å². The van der Waals surface area contributed by atoms with Gasteiger partial charge in [0.2, 0.25) is 0 Å². The molecule has 4 aromatic rings. The second kappa shape index (κ2) is 34.1. The molecule has 0 heterocycles. The summed E-state index contributed by atoms with van der Waals surface area (Å²) in [6, 6.07) is 24.0. The number of aryl methyl sites for hydroxylation is 4. The molecule has 0 aromatic heterocycles. The molecule has 0 aliphatic rings. The van der Waals surface area contributed by atoms with Crippen molar-refractivity contribution in [1.82, 2.24) is 0 Å². The molecule has 0 saturated heterocycles. The summed E-state index contributed by atoms with van der Waals surface area (Å²) in [5, 5.41) is 0. The van der Waals surface area contributed by atoms with Gasteiger partial charge in [0.25, 0.3) is 40.5 Å². The van der Waals surface area contributed by atoms with Crippen molar-refractivity contribution in [3.63, 3.8) is 0 Å². The van der Waals surface area contributed by atoms with Gasteiger partial charge in [-0.1, -0.05) is 95.1 Å². The van der Waals surface area contributed by atoms with Gasteiger partial charge in [0, 0.05) is 26.2 Å². The SMILES string of the molecule is C=CCN.C=CCN.C=CCN.C=CCN.Cc1ccc(S(=O)(=O)O)cc1.Cc1ccc(S(=O)(=O)O)cc1.Cc1ccc(S(=O)(=O)O)cc1.Cc1ccc(S(=O)(=O)O)cc1. The van der Waals surface area contributed by atoms with E-state index in [1.165, 1.54) is 48.5 Å². The minimum atomic E-state index is -4.02. The minimum Gasteiger partial charge on any atom is -0.327 e. The van der Waals surface area contributed by atoms with E-state index < -0.39 is 40.5 Å². The van der Waals surface area contributed by atoms with Crippen LogP contribution in [0.15, 0.2) is 167 Å². The van der Waals surface area contributed by atoms with Crippen LogP contribution in [-0.2, 0) is 40.5 Å². The first-order chi connectivity index (χ1) is 27.7. The van der Waals surface area contributed by atoms with E-state index in [9.17, 15) is 33.7 Å². The van der Waals surface area contributed by atoms with E-state index in [1.807, 2.05) is 27.7 Å². The molecular weight excluding hydrogens is 857 g/mol. The molecule has 0 aliphatic carbocycles. The zero-order chi connectivity index (χ0) is 47.6. The van der Waals surface area contributed by atoms with Crippen molar-refractivity contribution in [3.05, 3.63) is 170 Å². The second-order valence-corrected chi connectivity index (χ2v) is 16.9. The van der Waals surface area contributed by atoms with Gasteiger partial charge in [0.1, 0.15) is 0 Å². The number of hydrogen-bond donors (Lipinski definition) is 8. The van der Waals surface area contributed by atoms with E-state index in [-0.39, 0.29) is 19.6 Å². The predicted molar refractivity (Wildman–Crippen MR) is 241 cm³/mol. The van der Waals surface area contributed by atoms with Gasteiger partial charge in [-0.3, -0.25) is 18.2 Å². The van der Waals surface area contributed by atoms with Crippen LogP contribution in [0.2, 0.25) is 0 Å². The average molecular weight is 917 g/mol. The van der Waals surface area contributed by atoms with Crippen LogP contribution in [0.5, 0.6) is 0 Å². The van der Waals surface area contributed by atoms with Crippen LogP contribution < -0.4 is 22.9 Å². The molecular formula is C40H60N4O12S4. The van der Waals surface area contributed by atoms with Gasteiger partial charge in [-0.2, -0.15) is 33.7 Å². The van der Waals surface area contributed by atoms with Gasteiger partial charge in [-0.15, -0.1) is 26.3 Å². The number of nitrogens with two attached hydrogens (primary N) is 4. The van der Waals surface area contributed by atoms with Crippen molar-refractivity contribution < 1.29 is 51.9 Å². The van der Waals surface area contributed by atoms with Crippen LogP contribution in [0.4, 0.5) is 0 Å². The van der Waals surface area contributed by atoms with Crippen molar-refractivity contribution in [1.29, 1.82) is 0 Å². The number of hydrogen-bond acceptors (Lipinski definition) is 12. The molecule has 0 amide bonds. The fourth-order valence-corrected chi connectivity index (χ4v) is 4.76. The van der Waals surface area contributed by atoms with E-state index in [1.54, 1.807) is 72.8 Å². The third kappa shape index (κ3) is 36.4. The van der Waals surface area contributed by atoms with Gasteiger partial charge in [0.05, 0.1) is 19.6 Å². The summed E-state index contributed by atoms with van der Waals surface area (Å²) in [4.78, 5) is -0.266. The Morgan fingerprint density at radius 3 is 0.517 bits per heavy atom. The lowest BCUT2D eigenvalue weighted by molar-refractivity contribution is 0.481. The summed E-state index contributed by atoms with van der Waals surface area (Å²) < 4.78 is 118. The van der Waals surface area contributed by atoms with Gasteiger partial charge in [0.15, 0.2) is 0 Å². The summed E-state index contributed by atoms with van der Waals surface area (Å²) in [6.45, 7) is 23.1. The molecule has 0 spiro atoms. The Morgan fingerprint density at radius 1 is 0.350 bits per heavy atom. The van der Waals surface area contributed by atoms with Gasteiger partial charge in [-0.05, 0) is 76.2 Å². The molecule has 0 unspecified atom stereocenters. The highest BCUT2D eigenvalue weighted by Gasteiger charge is 2.09. The van der Waals surface area contributed by atoms with E-state index >= 15 is 0 Å². The normalized spacial score (nSPS) is 10.1. The fraction of sp³-hybridized carbons (Fsp3) is 0.200. The summed E-state index contributed by atoms with van der Waals surface area (Å²) in [7, 11) is -16.1. The Bertz CT molecular complexity index is 1910. The fourth-order valence-electron chi connectivity index (χ4n) is 2.84. The lowest BCUT2D eigenvalue weighted by Crippen LogP contribution is -1.96. The maximum Gasteiger partial charge on any atom is 0.294 e. The summed E-state index contributed by atoms with van der Waals surface area (Å²) >= 11 is 0. The molecule has 0 fully saturated rings. The topological polar surface area (TPSA) is 322 Å². The lowest BCUT2D eigenvalue weighted by atomic mass is 10.2. The largest absolute Gasteiger partial charge is 0.327 e. The van der Waals surface area contributed by atoms with Crippen molar-refractivity contribution >= 4 is 40.5 Å². The third-order valence-corrected chi connectivity index (χ3v) is 9.41. The Balaban J connectivity index is -0.000000311. The molecule has 0 saturated carbocycles. The quantitative estimate of drug-likeness (QED) is 0.0800. The second-order valence-electron chi connectivity index (χ2n) is 11.2. The van der Waals surface area contributed by atoms with Crippen molar-refractivity contribution in [2.45, 2.75) is 47.3 Å². The molecule has 0 aliphatic heterocycles. The third-order valence-electron chi connectivity index (χ3n) is 5.94. The molecule has 4 aromatic carbocycles. The lowest BCUT2D eigenvalue weighted by Gasteiger charge is -1.95. The van der Waals surface area contributed by atoms with Crippen molar-refractivity contribution in [2.24, 2.45) is 22.9 Å². The average Bonchev–Trinajstić information content (AvgIpc) is 3.18. The van der Waals surface area contributed by atoms with E-state index in [0.717, 1.165) is 22.3 Å². The summed E-state index contributed by atoms with van der Waals surface area (Å²) in [6.07, 6.45) is 6.61. The van der Waals surface area contributed by atoms with Crippen LogP contribution in [0.3, 0.4) is 0 Å². The van der Waals surface area contributed by atoms with E-state index in [0.29, 0.717) is 26.2 Å². The Hall–Kier alpha value is -4.68. The number of benzene rings is 4. The zero-order valence-electron chi connectivity index (χ0n) is 34.2. The van der Waals surface area contributed by atoms with E-state index in [4.69, 9.17) is 41.1 Å². The molecule has 60 heavy (non-hydrogen) atoms. The molecule has 0 bridgehead atoms. The van der Waals surface area contributed by atoms with Crippen LogP contribution in [-0.4, -0.2) is 78.1 Å². The van der Waals surface area contributed by atoms with E-state index in [2.05, 4.69) is 26.3 Å². The molecule has 336 valence electrons. The van der Waals surface area contributed by atoms with Crippen LogP contribution >= 0.6 is 0 Å². The molecule has 0 radical (unpaired) electrons. The van der Waals surface area contributed by atoms with Crippen molar-refractivity contribution in [3.8, 4) is 0 Å². The summed E-state index contributed by atoms with van der Waals surface area (Å²) in [5.74, 6) is 0. The first-order valence-corrected chi connectivity index (χ1v) is 22.8. The maximum atomic E-state index is 10.5. The standard InChI is InChI=1S/4C7H8O3S.4C3H7N/c4*1-6-2-4-7(5-3-6)11(8,9)10;4*1-2-3-4/h4*2-5H,1H3,(H,8,9,10);4*2H,1,3-4H2. The molecule has 20 heteroatoms. The Morgan fingerprint density at radius 2 is 0.450 bits per heavy atom.